The molecule has 4 rings (SSSR count). The molecule has 1 aromatic heterocycles. The van der Waals surface area contributed by atoms with Crippen molar-refractivity contribution in [2.24, 2.45) is 5.92 Å². The lowest BCUT2D eigenvalue weighted by Crippen LogP contribution is -2.43. The molecule has 0 saturated carbocycles. The van der Waals surface area contributed by atoms with Crippen LogP contribution in [-0.2, 0) is 10.0 Å². The van der Waals surface area contributed by atoms with Gasteiger partial charge < -0.3 is 4.90 Å². The van der Waals surface area contributed by atoms with Crippen LogP contribution in [0.2, 0.25) is 0 Å². The molecule has 0 aliphatic carbocycles. The smallest absolute Gasteiger partial charge is 0.253 e. The van der Waals surface area contributed by atoms with Gasteiger partial charge in [-0.25, -0.2) is 17.8 Å². The number of nitrogens with one attached hydrogen (secondary N) is 1. The predicted octanol–water partition coefficient (Wildman–Crippen LogP) is 3.01. The van der Waals surface area contributed by atoms with E-state index in [2.05, 4.69) is 9.82 Å². The third-order valence-electron chi connectivity index (χ3n) is 5.58. The van der Waals surface area contributed by atoms with E-state index < -0.39 is 10.0 Å². The van der Waals surface area contributed by atoms with Crippen molar-refractivity contribution in [1.29, 1.82) is 0 Å². The molecule has 2 aromatic carbocycles. The molecule has 8 heteroatoms. The molecule has 2 heterocycles. The zero-order valence-corrected chi connectivity index (χ0v) is 18.3. The van der Waals surface area contributed by atoms with E-state index in [-0.39, 0.29) is 16.7 Å². The highest BCUT2D eigenvalue weighted by Crippen LogP contribution is 2.20. The van der Waals surface area contributed by atoms with Crippen LogP contribution in [0.25, 0.3) is 5.69 Å². The molecule has 0 radical (unpaired) electrons. The van der Waals surface area contributed by atoms with Crippen molar-refractivity contribution in [3.8, 4) is 5.69 Å². The van der Waals surface area contributed by atoms with Gasteiger partial charge in [0.2, 0.25) is 10.0 Å². The Labute approximate surface area is 182 Å². The third-order valence-corrected chi connectivity index (χ3v) is 7.02. The summed E-state index contributed by atoms with van der Waals surface area (Å²) in [6.07, 6.45) is 5.30. The molecule has 0 bridgehead atoms. The number of carbonyl (C=O) groups excluding carboxylic acids is 1. The maximum Gasteiger partial charge on any atom is 0.253 e. The van der Waals surface area contributed by atoms with E-state index in [1.54, 1.807) is 35.1 Å². The Hall–Kier alpha value is -2.97. The minimum Gasteiger partial charge on any atom is -0.338 e. The van der Waals surface area contributed by atoms with Crippen molar-refractivity contribution in [2.45, 2.75) is 24.7 Å². The minimum absolute atomic E-state index is 0.0295. The first-order valence-corrected chi connectivity index (χ1v) is 11.9. The van der Waals surface area contributed by atoms with Crippen molar-refractivity contribution in [2.75, 3.05) is 19.6 Å². The Morgan fingerprint density at radius 2 is 1.87 bits per heavy atom. The van der Waals surface area contributed by atoms with Crippen LogP contribution in [0.1, 0.15) is 28.8 Å². The second-order valence-corrected chi connectivity index (χ2v) is 9.69. The van der Waals surface area contributed by atoms with E-state index in [1.165, 1.54) is 0 Å². The standard InChI is InChI=1S/C23H26N4O3S/c1-18-5-11-22(12-6-18)31(29,30)25-16-19-4-2-14-26(17-19)23(28)20-7-9-21(10-8-20)27-15-3-13-24-27/h3,5-13,15,19,25H,2,4,14,16-17H2,1H3. The SMILES string of the molecule is Cc1ccc(S(=O)(=O)NCC2CCCN(C(=O)c3ccc(-n4cccn4)cc3)C2)cc1. The highest BCUT2D eigenvalue weighted by atomic mass is 32.2. The quantitative estimate of drug-likeness (QED) is 0.641. The van der Waals surface area contributed by atoms with Gasteiger partial charge in [-0.3, -0.25) is 4.79 Å². The number of hydrogen-bond acceptors (Lipinski definition) is 4. The predicted molar refractivity (Wildman–Crippen MR) is 119 cm³/mol. The number of aryl methyl sites for hydroxylation is 1. The fourth-order valence-corrected chi connectivity index (χ4v) is 4.92. The van der Waals surface area contributed by atoms with Crippen LogP contribution >= 0.6 is 0 Å². The summed E-state index contributed by atoms with van der Waals surface area (Å²) in [4.78, 5) is 15.0. The summed E-state index contributed by atoms with van der Waals surface area (Å²) in [6, 6.07) is 16.0. The Morgan fingerprint density at radius 3 is 2.55 bits per heavy atom. The molecule has 162 valence electrons. The fraction of sp³-hybridized carbons (Fsp3) is 0.304. The fourth-order valence-electron chi connectivity index (χ4n) is 3.81. The lowest BCUT2D eigenvalue weighted by atomic mass is 9.97. The van der Waals surface area contributed by atoms with E-state index in [0.717, 1.165) is 24.1 Å². The zero-order chi connectivity index (χ0) is 21.8. The summed E-state index contributed by atoms with van der Waals surface area (Å²) in [5, 5.41) is 4.19. The average Bonchev–Trinajstić information content (AvgIpc) is 3.33. The van der Waals surface area contributed by atoms with Crippen LogP contribution in [0.15, 0.2) is 71.9 Å². The number of hydrogen-bond donors (Lipinski definition) is 1. The number of nitrogens with zero attached hydrogens (tertiary/aromatic N) is 3. The van der Waals surface area contributed by atoms with E-state index in [4.69, 9.17) is 0 Å². The molecule has 1 amide bonds. The Bertz CT molecular complexity index is 1120. The molecular weight excluding hydrogens is 412 g/mol. The summed E-state index contributed by atoms with van der Waals surface area (Å²) in [5.74, 6) is 0.0550. The molecular formula is C23H26N4O3S. The number of carbonyl (C=O) groups is 1. The van der Waals surface area contributed by atoms with E-state index in [1.807, 2.05) is 48.4 Å². The number of rotatable bonds is 6. The van der Waals surface area contributed by atoms with Gasteiger partial charge in [0.1, 0.15) is 0 Å². The second-order valence-electron chi connectivity index (χ2n) is 7.92. The van der Waals surface area contributed by atoms with Crippen LogP contribution in [-0.4, -0.2) is 48.6 Å². The van der Waals surface area contributed by atoms with Crippen molar-refractivity contribution < 1.29 is 13.2 Å². The Morgan fingerprint density at radius 1 is 1.13 bits per heavy atom. The average molecular weight is 439 g/mol. The van der Waals surface area contributed by atoms with Gasteiger partial charge in [0, 0.05) is 37.6 Å². The topological polar surface area (TPSA) is 84.3 Å². The van der Waals surface area contributed by atoms with Gasteiger partial charge >= 0.3 is 0 Å². The van der Waals surface area contributed by atoms with Gasteiger partial charge in [-0.05, 0) is 68.1 Å². The van der Waals surface area contributed by atoms with Crippen molar-refractivity contribution in [3.63, 3.8) is 0 Å². The molecule has 1 saturated heterocycles. The van der Waals surface area contributed by atoms with Crippen molar-refractivity contribution >= 4 is 15.9 Å². The normalized spacial score (nSPS) is 16.9. The minimum atomic E-state index is -3.55. The summed E-state index contributed by atoms with van der Waals surface area (Å²) >= 11 is 0. The molecule has 1 aliphatic rings. The van der Waals surface area contributed by atoms with Gasteiger partial charge in [-0.2, -0.15) is 5.10 Å². The van der Waals surface area contributed by atoms with E-state index in [9.17, 15) is 13.2 Å². The summed E-state index contributed by atoms with van der Waals surface area (Å²) in [7, 11) is -3.55. The second kappa shape index (κ2) is 9.03. The Kier molecular flexibility index (Phi) is 6.20. The first-order valence-electron chi connectivity index (χ1n) is 10.4. The first-order chi connectivity index (χ1) is 14.9. The summed E-state index contributed by atoms with van der Waals surface area (Å²) < 4.78 is 29.6. The zero-order valence-electron chi connectivity index (χ0n) is 17.4. The van der Waals surface area contributed by atoms with Crippen LogP contribution < -0.4 is 4.72 Å². The summed E-state index contributed by atoms with van der Waals surface area (Å²) in [5.41, 5.74) is 2.53. The highest BCUT2D eigenvalue weighted by molar-refractivity contribution is 7.89. The number of sulfonamides is 1. The molecule has 1 unspecified atom stereocenters. The summed E-state index contributed by atoms with van der Waals surface area (Å²) in [6.45, 7) is 3.46. The van der Waals surface area contributed by atoms with Crippen molar-refractivity contribution in [3.05, 3.63) is 78.1 Å². The van der Waals surface area contributed by atoms with Crippen LogP contribution in [0.5, 0.6) is 0 Å². The molecule has 31 heavy (non-hydrogen) atoms. The highest BCUT2D eigenvalue weighted by Gasteiger charge is 2.26. The monoisotopic (exact) mass is 438 g/mol. The number of aromatic nitrogens is 2. The van der Waals surface area contributed by atoms with Gasteiger partial charge in [0.25, 0.3) is 5.91 Å². The molecule has 1 aliphatic heterocycles. The van der Waals surface area contributed by atoms with Gasteiger partial charge in [0.15, 0.2) is 0 Å². The first kappa shape index (κ1) is 21.3. The number of benzene rings is 2. The van der Waals surface area contributed by atoms with Gasteiger partial charge in [0.05, 0.1) is 10.6 Å². The lowest BCUT2D eigenvalue weighted by Gasteiger charge is -2.33. The number of likely N-dealkylation sites (tertiary alicyclic amines) is 1. The van der Waals surface area contributed by atoms with Gasteiger partial charge in [-0.15, -0.1) is 0 Å². The lowest BCUT2D eigenvalue weighted by molar-refractivity contribution is 0.0676. The molecule has 1 atom stereocenters. The van der Waals surface area contributed by atoms with E-state index in [0.29, 0.717) is 25.2 Å². The molecule has 1 fully saturated rings. The van der Waals surface area contributed by atoms with Crippen LogP contribution in [0.3, 0.4) is 0 Å². The molecule has 1 N–H and O–H groups in total. The Balaban J connectivity index is 1.36. The molecule has 0 spiro atoms. The maximum atomic E-state index is 13.0. The third kappa shape index (κ3) is 5.03. The van der Waals surface area contributed by atoms with Crippen LogP contribution in [0.4, 0.5) is 0 Å². The largest absolute Gasteiger partial charge is 0.338 e. The van der Waals surface area contributed by atoms with Gasteiger partial charge in [-0.1, -0.05) is 17.7 Å². The number of piperidine rings is 1. The number of amides is 1. The maximum absolute atomic E-state index is 13.0. The van der Waals surface area contributed by atoms with E-state index >= 15 is 0 Å². The van der Waals surface area contributed by atoms with Crippen molar-refractivity contribution in [1.82, 2.24) is 19.4 Å². The molecule has 7 nitrogen and oxygen atoms in total. The molecule has 3 aromatic rings. The van der Waals surface area contributed by atoms with Crippen LogP contribution in [0, 0.1) is 12.8 Å².